The minimum absolute atomic E-state index is 0.110. The van der Waals surface area contributed by atoms with Gasteiger partial charge in [0.25, 0.3) is 0 Å². The van der Waals surface area contributed by atoms with E-state index in [9.17, 15) is 14.0 Å². The number of benzene rings is 2. The lowest BCUT2D eigenvalue weighted by molar-refractivity contribution is -0.117. The first-order valence-corrected chi connectivity index (χ1v) is 11.5. The Morgan fingerprint density at radius 2 is 2.03 bits per heavy atom. The van der Waals surface area contributed by atoms with E-state index in [1.807, 2.05) is 18.2 Å². The Hall–Kier alpha value is -2.98. The molecule has 0 aliphatic carbocycles. The van der Waals surface area contributed by atoms with Gasteiger partial charge in [0, 0.05) is 30.9 Å². The second kappa shape index (κ2) is 9.88. The van der Waals surface area contributed by atoms with Crippen molar-refractivity contribution in [3.05, 3.63) is 59.9 Å². The van der Waals surface area contributed by atoms with Crippen molar-refractivity contribution >= 4 is 51.4 Å². The quantitative estimate of drug-likeness (QED) is 0.494. The molecule has 2 heterocycles. The molecule has 1 saturated heterocycles. The minimum Gasteiger partial charge on any atom is -0.356 e. The number of halogens is 1. The third kappa shape index (κ3) is 5.80. The van der Waals surface area contributed by atoms with Gasteiger partial charge in [-0.05, 0) is 42.3 Å². The smallest absolute Gasteiger partial charge is 0.234 e. The molecular formula is C21H20FN5O2S2. The van der Waals surface area contributed by atoms with Crippen LogP contribution in [0.3, 0.4) is 0 Å². The fourth-order valence-corrected chi connectivity index (χ4v) is 4.66. The molecule has 0 saturated carbocycles. The lowest BCUT2D eigenvalue weighted by Gasteiger charge is -2.16. The summed E-state index contributed by atoms with van der Waals surface area (Å²) in [7, 11) is 0. The van der Waals surface area contributed by atoms with Crippen molar-refractivity contribution in [1.29, 1.82) is 0 Å². The number of thioether (sulfide) groups is 1. The van der Waals surface area contributed by atoms with E-state index in [0.29, 0.717) is 34.7 Å². The second-order valence-electron chi connectivity index (χ2n) is 6.89. The molecule has 1 fully saturated rings. The number of nitrogens with zero attached hydrogens (tertiary/aromatic N) is 3. The maximum Gasteiger partial charge on any atom is 0.234 e. The van der Waals surface area contributed by atoms with E-state index in [1.54, 1.807) is 23.1 Å². The molecule has 2 N–H and O–H groups in total. The third-order valence-electron chi connectivity index (χ3n) is 4.61. The highest BCUT2D eigenvalue weighted by Gasteiger charge is 2.21. The molecule has 2 amide bonds. The highest BCUT2D eigenvalue weighted by Crippen LogP contribution is 2.27. The van der Waals surface area contributed by atoms with Gasteiger partial charge in [0.1, 0.15) is 5.82 Å². The molecule has 160 valence electrons. The molecule has 31 heavy (non-hydrogen) atoms. The fraction of sp³-hybridized carbons (Fsp3) is 0.238. The molecule has 1 aliphatic heterocycles. The topological polar surface area (TPSA) is 87.2 Å². The summed E-state index contributed by atoms with van der Waals surface area (Å²) in [4.78, 5) is 26.0. The van der Waals surface area contributed by atoms with E-state index in [1.165, 1.54) is 35.2 Å². The van der Waals surface area contributed by atoms with Crippen molar-refractivity contribution in [3.63, 3.8) is 0 Å². The van der Waals surface area contributed by atoms with Gasteiger partial charge in [-0.3, -0.25) is 9.59 Å². The SMILES string of the molecule is O=C(CSc1nnc(NCc2ccc(F)cc2)s1)Nc1cccc(N2CCCC2=O)c1. The molecule has 2 aromatic carbocycles. The predicted octanol–water partition coefficient (Wildman–Crippen LogP) is 4.15. The van der Waals surface area contributed by atoms with Crippen LogP contribution in [-0.2, 0) is 16.1 Å². The van der Waals surface area contributed by atoms with E-state index < -0.39 is 0 Å². The summed E-state index contributed by atoms with van der Waals surface area (Å²) in [6, 6.07) is 13.5. The van der Waals surface area contributed by atoms with Gasteiger partial charge in [-0.15, -0.1) is 10.2 Å². The van der Waals surface area contributed by atoms with Crippen LogP contribution in [0.5, 0.6) is 0 Å². The summed E-state index contributed by atoms with van der Waals surface area (Å²) in [6.07, 6.45) is 1.42. The molecule has 4 rings (SSSR count). The van der Waals surface area contributed by atoms with Crippen LogP contribution in [0.25, 0.3) is 0 Å². The fourth-order valence-electron chi connectivity index (χ4n) is 3.12. The first-order chi connectivity index (χ1) is 15.1. The molecule has 3 aromatic rings. The zero-order chi connectivity index (χ0) is 21.6. The van der Waals surface area contributed by atoms with Gasteiger partial charge < -0.3 is 15.5 Å². The second-order valence-corrected chi connectivity index (χ2v) is 9.09. The van der Waals surface area contributed by atoms with E-state index >= 15 is 0 Å². The Kier molecular flexibility index (Phi) is 6.78. The average Bonchev–Trinajstić information content (AvgIpc) is 3.41. The Labute approximate surface area is 187 Å². The lowest BCUT2D eigenvalue weighted by atomic mass is 10.2. The normalized spacial score (nSPS) is 13.5. The number of nitrogens with one attached hydrogen (secondary N) is 2. The summed E-state index contributed by atoms with van der Waals surface area (Å²) in [5.74, 6) is -0.127. The van der Waals surface area contributed by atoms with Gasteiger partial charge in [0.05, 0.1) is 5.75 Å². The van der Waals surface area contributed by atoms with Crippen LogP contribution in [-0.4, -0.2) is 34.3 Å². The maximum absolute atomic E-state index is 13.0. The zero-order valence-corrected chi connectivity index (χ0v) is 18.1. The van der Waals surface area contributed by atoms with Gasteiger partial charge >= 0.3 is 0 Å². The van der Waals surface area contributed by atoms with E-state index in [2.05, 4.69) is 20.8 Å². The van der Waals surface area contributed by atoms with Crippen molar-refractivity contribution < 1.29 is 14.0 Å². The van der Waals surface area contributed by atoms with Crippen molar-refractivity contribution in [2.45, 2.75) is 23.7 Å². The van der Waals surface area contributed by atoms with Crippen LogP contribution in [0.4, 0.5) is 20.9 Å². The molecule has 0 bridgehead atoms. The molecular weight excluding hydrogens is 437 g/mol. The Bertz CT molecular complexity index is 1070. The summed E-state index contributed by atoms with van der Waals surface area (Å²) >= 11 is 2.66. The van der Waals surface area contributed by atoms with Crippen molar-refractivity contribution in [3.8, 4) is 0 Å². The number of anilines is 3. The molecule has 7 nitrogen and oxygen atoms in total. The Morgan fingerprint density at radius 1 is 1.19 bits per heavy atom. The number of aromatic nitrogens is 2. The van der Waals surface area contributed by atoms with Gasteiger partial charge in [0.15, 0.2) is 4.34 Å². The molecule has 0 atom stereocenters. The molecule has 0 radical (unpaired) electrons. The minimum atomic E-state index is -0.270. The van der Waals surface area contributed by atoms with Gasteiger partial charge in [-0.1, -0.05) is 41.3 Å². The molecule has 0 unspecified atom stereocenters. The Morgan fingerprint density at radius 3 is 2.81 bits per heavy atom. The van der Waals surface area contributed by atoms with Crippen molar-refractivity contribution in [1.82, 2.24) is 10.2 Å². The molecule has 0 spiro atoms. The monoisotopic (exact) mass is 457 g/mol. The number of amides is 2. The van der Waals surface area contributed by atoms with Crippen LogP contribution in [0.2, 0.25) is 0 Å². The van der Waals surface area contributed by atoms with Gasteiger partial charge in [-0.2, -0.15) is 0 Å². The van der Waals surface area contributed by atoms with Crippen LogP contribution in [0, 0.1) is 5.82 Å². The third-order valence-corrected chi connectivity index (χ3v) is 6.62. The van der Waals surface area contributed by atoms with Crippen molar-refractivity contribution in [2.75, 3.05) is 27.8 Å². The number of hydrogen-bond donors (Lipinski definition) is 2. The van der Waals surface area contributed by atoms with E-state index in [-0.39, 0.29) is 23.4 Å². The van der Waals surface area contributed by atoms with Crippen LogP contribution in [0.1, 0.15) is 18.4 Å². The molecule has 1 aliphatic rings. The Balaban J connectivity index is 1.25. The van der Waals surface area contributed by atoms with E-state index in [4.69, 9.17) is 0 Å². The van der Waals surface area contributed by atoms with Crippen LogP contribution in [0.15, 0.2) is 52.9 Å². The lowest BCUT2D eigenvalue weighted by Crippen LogP contribution is -2.23. The summed E-state index contributed by atoms with van der Waals surface area (Å²) in [6.45, 7) is 1.22. The van der Waals surface area contributed by atoms with Crippen LogP contribution >= 0.6 is 23.1 Å². The average molecular weight is 458 g/mol. The van der Waals surface area contributed by atoms with Gasteiger partial charge in [0.2, 0.25) is 16.9 Å². The first kappa shape index (κ1) is 21.3. The number of carbonyl (C=O) groups excluding carboxylic acids is 2. The largest absolute Gasteiger partial charge is 0.356 e. The first-order valence-electron chi connectivity index (χ1n) is 9.72. The maximum atomic E-state index is 13.0. The molecule has 10 heteroatoms. The van der Waals surface area contributed by atoms with E-state index in [0.717, 1.165) is 17.7 Å². The number of carbonyl (C=O) groups is 2. The molecule has 1 aromatic heterocycles. The van der Waals surface area contributed by atoms with Gasteiger partial charge in [-0.25, -0.2) is 4.39 Å². The number of rotatable bonds is 8. The summed E-state index contributed by atoms with van der Waals surface area (Å²) in [5, 5.41) is 14.8. The summed E-state index contributed by atoms with van der Waals surface area (Å²) in [5.41, 5.74) is 2.39. The predicted molar refractivity (Wildman–Crippen MR) is 121 cm³/mol. The van der Waals surface area contributed by atoms with Crippen LogP contribution < -0.4 is 15.5 Å². The highest BCUT2D eigenvalue weighted by molar-refractivity contribution is 8.01. The van der Waals surface area contributed by atoms with Crippen molar-refractivity contribution in [2.24, 2.45) is 0 Å². The zero-order valence-electron chi connectivity index (χ0n) is 16.5. The number of hydrogen-bond acceptors (Lipinski definition) is 7. The highest BCUT2D eigenvalue weighted by atomic mass is 32.2. The standard InChI is InChI=1S/C21H20FN5O2S2/c22-15-8-6-14(7-9-15)12-23-20-25-26-21(31-20)30-13-18(28)24-16-3-1-4-17(11-16)27-10-2-5-19(27)29/h1,3-4,6-9,11H,2,5,10,12-13H2,(H,23,25)(H,24,28). The summed E-state index contributed by atoms with van der Waals surface area (Å²) < 4.78 is 13.6.